The number of hydrogen-bond donors (Lipinski definition) is 0. The first-order chi connectivity index (χ1) is 18.7. The number of nitrogens with zero attached hydrogens (tertiary/aromatic N) is 2. The molecule has 0 aliphatic heterocycles. The average Bonchev–Trinajstić information content (AvgIpc) is 3.41. The highest BCUT2D eigenvalue weighted by atomic mass is 35.5. The van der Waals surface area contributed by atoms with Gasteiger partial charge in [-0.25, -0.2) is 4.79 Å². The van der Waals surface area contributed by atoms with Gasteiger partial charge in [0.25, 0.3) is 0 Å². The third-order valence-electron chi connectivity index (χ3n) is 7.25. The lowest BCUT2D eigenvalue weighted by Crippen LogP contribution is -2.13. The fourth-order valence-electron chi connectivity index (χ4n) is 5.10. The number of carbonyl (C=O) groups excluding carboxylic acids is 1. The van der Waals surface area contributed by atoms with Crippen LogP contribution in [0.25, 0.3) is 11.3 Å². The molecule has 6 nitrogen and oxygen atoms in total. The van der Waals surface area contributed by atoms with Gasteiger partial charge in [0.2, 0.25) is 5.56 Å². The van der Waals surface area contributed by atoms with Gasteiger partial charge in [0.05, 0.1) is 34.0 Å². The molecule has 9 heteroatoms. The van der Waals surface area contributed by atoms with Crippen LogP contribution in [-0.2, 0) is 10.2 Å². The minimum absolute atomic E-state index is 0.00522. The predicted octanol–water partition coefficient (Wildman–Crippen LogP) is 8.72. The van der Waals surface area contributed by atoms with Crippen molar-refractivity contribution in [2.75, 3.05) is 7.11 Å². The van der Waals surface area contributed by atoms with E-state index in [-0.39, 0.29) is 17.3 Å². The Bertz CT molecular complexity index is 1520. The first-order valence-corrected chi connectivity index (χ1v) is 13.7. The molecule has 4 aromatic rings. The van der Waals surface area contributed by atoms with Crippen molar-refractivity contribution in [3.8, 4) is 17.0 Å². The maximum atomic E-state index is 12.4. The van der Waals surface area contributed by atoms with Gasteiger partial charge in [-0.3, -0.25) is 4.98 Å². The number of halogens is 3. The van der Waals surface area contributed by atoms with E-state index >= 15 is 0 Å². The van der Waals surface area contributed by atoms with E-state index in [4.69, 9.17) is 48.8 Å². The van der Waals surface area contributed by atoms with Gasteiger partial charge < -0.3 is 14.0 Å². The SMILES string of the molecule is COC(=O)c1cccnc1C1CC1(C)c1ccccc1OC(Cl)c1c(-c2c(Cl)cccc2Cl)noc1C(C)C. The van der Waals surface area contributed by atoms with Crippen molar-refractivity contribution in [1.29, 1.82) is 0 Å². The van der Waals surface area contributed by atoms with E-state index < -0.39 is 11.5 Å². The Balaban J connectivity index is 1.51. The van der Waals surface area contributed by atoms with E-state index in [1.165, 1.54) is 7.11 Å². The molecule has 5 rings (SSSR count). The van der Waals surface area contributed by atoms with Crippen LogP contribution in [0.2, 0.25) is 10.0 Å². The third-order valence-corrected chi connectivity index (χ3v) is 8.19. The fourth-order valence-corrected chi connectivity index (χ4v) is 5.98. The summed E-state index contributed by atoms with van der Waals surface area (Å²) < 4.78 is 17.2. The molecule has 0 bridgehead atoms. The molecule has 3 atom stereocenters. The van der Waals surface area contributed by atoms with Gasteiger partial charge >= 0.3 is 5.97 Å². The number of esters is 1. The van der Waals surface area contributed by atoms with Crippen LogP contribution in [0.5, 0.6) is 5.75 Å². The van der Waals surface area contributed by atoms with Crippen LogP contribution in [-0.4, -0.2) is 23.2 Å². The molecule has 2 aromatic carbocycles. The minimum Gasteiger partial charge on any atom is -0.470 e. The van der Waals surface area contributed by atoms with E-state index in [1.807, 2.05) is 38.1 Å². The molecule has 1 saturated carbocycles. The number of alkyl halides is 1. The lowest BCUT2D eigenvalue weighted by atomic mass is 9.92. The molecule has 2 heterocycles. The third kappa shape index (κ3) is 5.02. The van der Waals surface area contributed by atoms with Crippen LogP contribution >= 0.6 is 34.8 Å². The molecule has 202 valence electrons. The number of rotatable bonds is 8. The molecule has 0 spiro atoms. The second kappa shape index (κ2) is 10.8. The van der Waals surface area contributed by atoms with Crippen LogP contribution in [0.4, 0.5) is 0 Å². The van der Waals surface area contributed by atoms with Gasteiger partial charge in [-0.2, -0.15) is 0 Å². The fraction of sp³-hybridized carbons (Fsp3) is 0.300. The van der Waals surface area contributed by atoms with Crippen molar-refractivity contribution >= 4 is 40.8 Å². The zero-order valence-electron chi connectivity index (χ0n) is 21.9. The Labute approximate surface area is 242 Å². The topological polar surface area (TPSA) is 74.5 Å². The van der Waals surface area contributed by atoms with Gasteiger partial charge in [0.15, 0.2) is 0 Å². The van der Waals surface area contributed by atoms with Crippen molar-refractivity contribution in [2.24, 2.45) is 0 Å². The van der Waals surface area contributed by atoms with Crippen LogP contribution in [0.15, 0.2) is 65.3 Å². The number of ether oxygens (including phenoxy) is 2. The molecular weight excluding hydrogens is 559 g/mol. The Kier molecular flexibility index (Phi) is 7.64. The summed E-state index contributed by atoms with van der Waals surface area (Å²) in [7, 11) is 1.37. The maximum Gasteiger partial charge on any atom is 0.339 e. The van der Waals surface area contributed by atoms with Gasteiger partial charge in [-0.1, -0.05) is 85.0 Å². The molecule has 39 heavy (non-hydrogen) atoms. The summed E-state index contributed by atoms with van der Waals surface area (Å²) in [4.78, 5) is 16.9. The monoisotopic (exact) mass is 584 g/mol. The summed E-state index contributed by atoms with van der Waals surface area (Å²) in [6.07, 6.45) is 2.48. The highest BCUT2D eigenvalue weighted by Gasteiger charge is 2.55. The number of para-hydroxylation sites is 1. The number of aromatic nitrogens is 2. The Morgan fingerprint density at radius 2 is 1.79 bits per heavy atom. The van der Waals surface area contributed by atoms with Crippen LogP contribution < -0.4 is 4.74 Å². The summed E-state index contributed by atoms with van der Waals surface area (Å²) in [5.74, 6) is 0.784. The summed E-state index contributed by atoms with van der Waals surface area (Å²) in [5.41, 5.74) is 2.42. The first-order valence-electron chi connectivity index (χ1n) is 12.5. The molecule has 3 unspecified atom stereocenters. The molecule has 0 radical (unpaired) electrons. The Hall–Kier alpha value is -3.06. The van der Waals surface area contributed by atoms with Crippen molar-refractivity contribution in [2.45, 2.75) is 50.0 Å². The summed E-state index contributed by atoms with van der Waals surface area (Å²) in [6, 6.07) is 16.5. The smallest absolute Gasteiger partial charge is 0.339 e. The van der Waals surface area contributed by atoms with Crippen LogP contribution in [0, 0.1) is 0 Å². The highest BCUT2D eigenvalue weighted by Crippen LogP contribution is 2.62. The highest BCUT2D eigenvalue weighted by molar-refractivity contribution is 6.39. The van der Waals surface area contributed by atoms with Crippen molar-refractivity contribution in [3.05, 3.63) is 99.0 Å². The van der Waals surface area contributed by atoms with Gasteiger partial charge in [0, 0.05) is 34.6 Å². The number of methoxy groups -OCH3 is 1. The quantitative estimate of drug-likeness (QED) is 0.152. The second-order valence-corrected chi connectivity index (χ2v) is 11.3. The number of pyridine rings is 1. The normalized spacial score (nSPS) is 19.1. The number of benzene rings is 2. The van der Waals surface area contributed by atoms with Gasteiger partial charge in [-0.15, -0.1) is 0 Å². The van der Waals surface area contributed by atoms with Crippen molar-refractivity contribution in [3.63, 3.8) is 0 Å². The van der Waals surface area contributed by atoms with E-state index in [0.29, 0.717) is 49.6 Å². The summed E-state index contributed by atoms with van der Waals surface area (Å²) >= 11 is 20.0. The molecule has 1 aliphatic carbocycles. The van der Waals surface area contributed by atoms with Crippen LogP contribution in [0.1, 0.15) is 77.5 Å². The predicted molar refractivity (Wildman–Crippen MR) is 152 cm³/mol. The second-order valence-electron chi connectivity index (χ2n) is 10.1. The lowest BCUT2D eigenvalue weighted by molar-refractivity contribution is 0.0598. The standard InChI is InChI=1S/C30H27Cl3N2O4/c1-16(2)27-24(26(35-39-27)23-20(31)11-7-12-21(23)32)28(33)38-22-13-6-5-10-18(22)30(3)15-19(30)25-17(29(36)37-4)9-8-14-34-25/h5-14,16,19,28H,15H2,1-4H3. The zero-order valence-corrected chi connectivity index (χ0v) is 24.1. The van der Waals surface area contributed by atoms with E-state index in [2.05, 4.69) is 17.1 Å². The van der Waals surface area contributed by atoms with Crippen LogP contribution in [0.3, 0.4) is 0 Å². The van der Waals surface area contributed by atoms with E-state index in [9.17, 15) is 4.79 Å². The van der Waals surface area contributed by atoms with Crippen molar-refractivity contribution in [1.82, 2.24) is 10.1 Å². The molecule has 2 aromatic heterocycles. The van der Waals surface area contributed by atoms with Crippen molar-refractivity contribution < 1.29 is 18.8 Å². The first kappa shape index (κ1) is 27.5. The largest absolute Gasteiger partial charge is 0.470 e. The molecule has 1 fully saturated rings. The van der Waals surface area contributed by atoms with Gasteiger partial charge in [0.1, 0.15) is 17.2 Å². The molecular formula is C30H27Cl3N2O4. The Morgan fingerprint density at radius 3 is 2.49 bits per heavy atom. The number of hydrogen-bond acceptors (Lipinski definition) is 6. The minimum atomic E-state index is -0.946. The molecule has 0 N–H and O–H groups in total. The van der Waals surface area contributed by atoms with Gasteiger partial charge in [-0.05, 0) is 36.8 Å². The van der Waals surface area contributed by atoms with E-state index in [1.54, 1.807) is 36.5 Å². The molecule has 0 saturated heterocycles. The average molecular weight is 586 g/mol. The summed E-state index contributed by atoms with van der Waals surface area (Å²) in [5, 5.41) is 5.17. The summed E-state index contributed by atoms with van der Waals surface area (Å²) in [6.45, 7) is 6.11. The van der Waals surface area contributed by atoms with E-state index in [0.717, 1.165) is 12.0 Å². The maximum absolute atomic E-state index is 12.4. The molecule has 0 amide bonds. The zero-order chi connectivity index (χ0) is 27.9. The number of carbonyl (C=O) groups is 1. The molecule has 1 aliphatic rings. The Morgan fingerprint density at radius 1 is 1.08 bits per heavy atom. The lowest BCUT2D eigenvalue weighted by Gasteiger charge is -2.21.